The highest BCUT2D eigenvalue weighted by molar-refractivity contribution is 5.91. The van der Waals surface area contributed by atoms with Crippen molar-refractivity contribution in [3.05, 3.63) is 11.5 Å². The third-order valence-corrected chi connectivity index (χ3v) is 3.97. The average Bonchev–Trinajstić information content (AvgIpc) is 2.71. The van der Waals surface area contributed by atoms with Crippen LogP contribution in [0.2, 0.25) is 0 Å². The van der Waals surface area contributed by atoms with E-state index in [-0.39, 0.29) is 17.7 Å². The quantitative estimate of drug-likeness (QED) is 0.884. The molecule has 2 rings (SSSR count). The Kier molecular flexibility index (Phi) is 4.42. The smallest absolute Gasteiger partial charge is 0.306 e. The van der Waals surface area contributed by atoms with Gasteiger partial charge in [-0.05, 0) is 45.4 Å². The minimum absolute atomic E-state index is 0.0572. The minimum Gasteiger partial charge on any atom is -0.481 e. The molecular weight excluding hydrogens is 260 g/mol. The first-order valence-electron chi connectivity index (χ1n) is 6.93. The van der Waals surface area contributed by atoms with Crippen LogP contribution in [-0.4, -0.2) is 22.1 Å². The lowest BCUT2D eigenvalue weighted by Gasteiger charge is -2.25. The summed E-state index contributed by atoms with van der Waals surface area (Å²) in [6.07, 6.45) is 3.35. The molecule has 0 spiro atoms. The summed E-state index contributed by atoms with van der Waals surface area (Å²) in [4.78, 5) is 22.9. The highest BCUT2D eigenvalue weighted by Crippen LogP contribution is 2.31. The molecule has 1 saturated carbocycles. The first-order chi connectivity index (χ1) is 9.47. The van der Waals surface area contributed by atoms with E-state index in [1.807, 2.05) is 0 Å². The van der Waals surface area contributed by atoms with Gasteiger partial charge in [0.1, 0.15) is 11.4 Å². The number of anilines is 1. The lowest BCUT2D eigenvalue weighted by molar-refractivity contribution is -0.143. The number of nitrogens with one attached hydrogen (secondary N) is 1. The van der Waals surface area contributed by atoms with Gasteiger partial charge in [-0.15, -0.1) is 0 Å². The molecule has 1 amide bonds. The van der Waals surface area contributed by atoms with Crippen LogP contribution < -0.4 is 5.32 Å². The fourth-order valence-electron chi connectivity index (χ4n) is 2.73. The van der Waals surface area contributed by atoms with E-state index < -0.39 is 5.97 Å². The number of carbonyl (C=O) groups is 2. The molecule has 110 valence electrons. The summed E-state index contributed by atoms with van der Waals surface area (Å²) in [6, 6.07) is 0. The Morgan fingerprint density at radius 3 is 2.45 bits per heavy atom. The summed E-state index contributed by atoms with van der Waals surface area (Å²) in [5.74, 6) is -0.143. The van der Waals surface area contributed by atoms with Gasteiger partial charge in [0.05, 0.1) is 5.92 Å². The molecule has 6 heteroatoms. The Hall–Kier alpha value is -1.85. The van der Waals surface area contributed by atoms with Crippen molar-refractivity contribution in [1.82, 2.24) is 5.16 Å². The summed E-state index contributed by atoms with van der Waals surface area (Å²) in [6.45, 7) is 3.54. The molecule has 1 heterocycles. The predicted molar refractivity (Wildman–Crippen MR) is 72.3 cm³/mol. The van der Waals surface area contributed by atoms with E-state index in [9.17, 15) is 9.59 Å². The molecule has 0 bridgehead atoms. The number of carboxylic acids is 1. The number of amides is 1. The van der Waals surface area contributed by atoms with Crippen molar-refractivity contribution in [2.75, 3.05) is 5.32 Å². The summed E-state index contributed by atoms with van der Waals surface area (Å²) >= 11 is 0. The molecule has 0 saturated heterocycles. The van der Waals surface area contributed by atoms with Gasteiger partial charge in [0.2, 0.25) is 5.91 Å². The van der Waals surface area contributed by atoms with E-state index in [1.54, 1.807) is 13.8 Å². The molecule has 0 atom stereocenters. The molecule has 1 aliphatic rings. The van der Waals surface area contributed by atoms with E-state index in [1.165, 1.54) is 0 Å². The van der Waals surface area contributed by atoms with Crippen molar-refractivity contribution >= 4 is 17.6 Å². The van der Waals surface area contributed by atoms with Crippen LogP contribution in [0.1, 0.15) is 43.6 Å². The van der Waals surface area contributed by atoms with Crippen LogP contribution >= 0.6 is 0 Å². The SMILES string of the molecule is Cc1noc(C)c1NC(=O)CC1CCC(C(=O)O)CC1. The highest BCUT2D eigenvalue weighted by atomic mass is 16.5. The molecule has 2 N–H and O–H groups in total. The Labute approximate surface area is 117 Å². The number of rotatable bonds is 4. The Bertz CT molecular complexity index is 482. The zero-order valence-corrected chi connectivity index (χ0v) is 11.8. The topological polar surface area (TPSA) is 92.4 Å². The molecule has 1 aliphatic carbocycles. The van der Waals surface area contributed by atoms with Crippen LogP contribution in [0.25, 0.3) is 0 Å². The number of aryl methyl sites for hydroxylation is 2. The van der Waals surface area contributed by atoms with Gasteiger partial charge >= 0.3 is 5.97 Å². The van der Waals surface area contributed by atoms with Gasteiger partial charge in [0, 0.05) is 6.42 Å². The summed E-state index contributed by atoms with van der Waals surface area (Å²) in [5, 5.41) is 15.6. The highest BCUT2D eigenvalue weighted by Gasteiger charge is 2.27. The van der Waals surface area contributed by atoms with Crippen LogP contribution in [0.4, 0.5) is 5.69 Å². The summed E-state index contributed by atoms with van der Waals surface area (Å²) < 4.78 is 5.00. The fraction of sp³-hybridized carbons (Fsp3) is 0.643. The van der Waals surface area contributed by atoms with Gasteiger partial charge in [0.25, 0.3) is 0 Å². The number of aliphatic carboxylic acids is 1. The van der Waals surface area contributed by atoms with Crippen molar-refractivity contribution in [2.24, 2.45) is 11.8 Å². The average molecular weight is 280 g/mol. The molecule has 0 aliphatic heterocycles. The van der Waals surface area contributed by atoms with E-state index in [2.05, 4.69) is 10.5 Å². The van der Waals surface area contributed by atoms with Gasteiger partial charge < -0.3 is 14.9 Å². The van der Waals surface area contributed by atoms with E-state index >= 15 is 0 Å². The van der Waals surface area contributed by atoms with Crippen LogP contribution in [0.15, 0.2) is 4.52 Å². The van der Waals surface area contributed by atoms with Crippen LogP contribution in [0.5, 0.6) is 0 Å². The Balaban J connectivity index is 1.83. The normalized spacial score (nSPS) is 22.5. The van der Waals surface area contributed by atoms with Crippen molar-refractivity contribution < 1.29 is 19.2 Å². The second-order valence-electron chi connectivity index (χ2n) is 5.51. The number of hydrogen-bond acceptors (Lipinski definition) is 4. The molecule has 1 aromatic heterocycles. The maximum absolute atomic E-state index is 12.0. The zero-order valence-electron chi connectivity index (χ0n) is 11.8. The van der Waals surface area contributed by atoms with Crippen LogP contribution in [-0.2, 0) is 9.59 Å². The molecule has 1 aromatic rings. The minimum atomic E-state index is -0.719. The van der Waals surface area contributed by atoms with Gasteiger partial charge in [0.15, 0.2) is 5.76 Å². The number of hydrogen-bond donors (Lipinski definition) is 2. The first-order valence-corrected chi connectivity index (χ1v) is 6.93. The molecular formula is C14H20N2O4. The second-order valence-corrected chi connectivity index (χ2v) is 5.51. The molecule has 0 unspecified atom stereocenters. The van der Waals surface area contributed by atoms with Gasteiger partial charge in [-0.25, -0.2) is 0 Å². The number of carbonyl (C=O) groups excluding carboxylic acids is 1. The number of aromatic nitrogens is 1. The summed E-state index contributed by atoms with van der Waals surface area (Å²) in [5.41, 5.74) is 1.32. The fourth-order valence-corrected chi connectivity index (χ4v) is 2.73. The second kappa shape index (κ2) is 6.07. The van der Waals surface area contributed by atoms with E-state index in [0.29, 0.717) is 36.4 Å². The maximum atomic E-state index is 12.0. The van der Waals surface area contributed by atoms with Crippen molar-refractivity contribution in [3.8, 4) is 0 Å². The van der Waals surface area contributed by atoms with Crippen molar-refractivity contribution in [1.29, 1.82) is 0 Å². The first kappa shape index (κ1) is 14.6. The molecule has 0 radical (unpaired) electrons. The molecule has 0 aromatic carbocycles. The number of nitrogens with zero attached hydrogens (tertiary/aromatic N) is 1. The Morgan fingerprint density at radius 1 is 1.30 bits per heavy atom. The van der Waals surface area contributed by atoms with Crippen molar-refractivity contribution in [2.45, 2.75) is 46.0 Å². The molecule has 6 nitrogen and oxygen atoms in total. The number of carboxylic acid groups (broad SMARTS) is 1. The molecule has 1 fully saturated rings. The van der Waals surface area contributed by atoms with Gasteiger partial charge in [-0.1, -0.05) is 5.16 Å². The molecule has 20 heavy (non-hydrogen) atoms. The van der Waals surface area contributed by atoms with E-state index in [4.69, 9.17) is 9.63 Å². The lowest BCUT2D eigenvalue weighted by atomic mass is 9.80. The lowest BCUT2D eigenvalue weighted by Crippen LogP contribution is -2.24. The monoisotopic (exact) mass is 280 g/mol. The van der Waals surface area contributed by atoms with Gasteiger partial charge in [-0.3, -0.25) is 9.59 Å². The zero-order chi connectivity index (χ0) is 14.7. The largest absolute Gasteiger partial charge is 0.481 e. The summed E-state index contributed by atoms with van der Waals surface area (Å²) in [7, 11) is 0. The predicted octanol–water partition coefficient (Wildman–Crippen LogP) is 2.51. The third kappa shape index (κ3) is 3.37. The van der Waals surface area contributed by atoms with Crippen molar-refractivity contribution in [3.63, 3.8) is 0 Å². The Morgan fingerprint density at radius 2 is 1.95 bits per heavy atom. The maximum Gasteiger partial charge on any atom is 0.306 e. The third-order valence-electron chi connectivity index (χ3n) is 3.97. The van der Waals surface area contributed by atoms with E-state index in [0.717, 1.165) is 12.8 Å². The van der Waals surface area contributed by atoms with Gasteiger partial charge in [-0.2, -0.15) is 0 Å². The van der Waals surface area contributed by atoms with Crippen LogP contribution in [0.3, 0.4) is 0 Å². The van der Waals surface area contributed by atoms with Crippen LogP contribution in [0, 0.1) is 25.7 Å². The standard InChI is InChI=1S/C14H20N2O4/c1-8-13(9(2)20-16-8)15-12(17)7-10-3-5-11(6-4-10)14(18)19/h10-11H,3-7H2,1-2H3,(H,15,17)(H,18,19).